The highest BCUT2D eigenvalue weighted by Crippen LogP contribution is 2.34. The lowest BCUT2D eigenvalue weighted by atomic mass is 9.93. The van der Waals surface area contributed by atoms with Crippen LogP contribution in [0.25, 0.3) is 11.2 Å². The van der Waals surface area contributed by atoms with E-state index in [9.17, 15) is 18.0 Å². The molecule has 0 radical (unpaired) electrons. The molecule has 180 valence electrons. The Morgan fingerprint density at radius 3 is 2.56 bits per heavy atom. The molecule has 1 fully saturated rings. The number of aryl methyl sites for hydroxylation is 1. The summed E-state index contributed by atoms with van der Waals surface area (Å²) in [5.74, 6) is -0.0455. The van der Waals surface area contributed by atoms with Gasteiger partial charge in [-0.3, -0.25) is 20.4 Å². The van der Waals surface area contributed by atoms with E-state index in [1.165, 1.54) is 19.3 Å². The predicted octanol–water partition coefficient (Wildman–Crippen LogP) is 2.36. The summed E-state index contributed by atoms with van der Waals surface area (Å²) in [6.45, 7) is 5.39. The third kappa shape index (κ3) is 4.74. The van der Waals surface area contributed by atoms with Crippen LogP contribution in [-0.4, -0.2) is 40.2 Å². The lowest BCUT2D eigenvalue weighted by molar-refractivity contribution is -0.126. The minimum absolute atomic E-state index is 0.00964. The zero-order valence-corrected chi connectivity index (χ0v) is 20.1. The zero-order valence-electron chi connectivity index (χ0n) is 19.3. The number of nitrogens with one attached hydrogen (secondary N) is 3. The van der Waals surface area contributed by atoms with Gasteiger partial charge in [0.2, 0.25) is 11.8 Å². The number of anilines is 1. The third-order valence-electron chi connectivity index (χ3n) is 6.21. The number of benzene rings is 1. The molecule has 0 saturated heterocycles. The number of hydrazine groups is 1. The van der Waals surface area contributed by atoms with Crippen LogP contribution in [0.2, 0.25) is 0 Å². The van der Waals surface area contributed by atoms with E-state index in [4.69, 9.17) is 0 Å². The van der Waals surface area contributed by atoms with Crippen LogP contribution in [0.3, 0.4) is 0 Å². The minimum atomic E-state index is -3.82. The van der Waals surface area contributed by atoms with Crippen molar-refractivity contribution >= 4 is 38.8 Å². The highest BCUT2D eigenvalue weighted by molar-refractivity contribution is 7.90. The van der Waals surface area contributed by atoms with Gasteiger partial charge in [0.05, 0.1) is 11.1 Å². The number of carbonyl (C=O) groups excluding carboxylic acids is 2. The molecule has 3 aromatic rings. The Kier molecular flexibility index (Phi) is 6.56. The maximum absolute atomic E-state index is 13.0. The van der Waals surface area contributed by atoms with Crippen LogP contribution >= 0.6 is 0 Å². The summed E-state index contributed by atoms with van der Waals surface area (Å²) in [5.41, 5.74) is 6.98. The van der Waals surface area contributed by atoms with E-state index in [0.29, 0.717) is 11.9 Å². The average Bonchev–Trinajstić information content (AvgIpc) is 3.41. The lowest BCUT2D eigenvalue weighted by Gasteiger charge is -2.17. The SMILES string of the molecule is CC[C@@H]1C[C@H](NC(C)=O)CC1C(=O)NNc1cnc2c(ccn2S(=O)(=O)c2ccc(C)cc2)n1. The molecule has 3 atom stereocenters. The average molecular weight is 485 g/mol. The first-order valence-electron chi connectivity index (χ1n) is 11.2. The van der Waals surface area contributed by atoms with Crippen molar-refractivity contribution in [1.82, 2.24) is 24.7 Å². The van der Waals surface area contributed by atoms with Crippen molar-refractivity contribution in [2.24, 2.45) is 11.8 Å². The van der Waals surface area contributed by atoms with Gasteiger partial charge in [0.25, 0.3) is 10.0 Å². The van der Waals surface area contributed by atoms with Crippen molar-refractivity contribution < 1.29 is 18.0 Å². The van der Waals surface area contributed by atoms with Crippen LogP contribution in [0.15, 0.2) is 47.6 Å². The molecule has 1 aromatic carbocycles. The van der Waals surface area contributed by atoms with Crippen molar-refractivity contribution in [1.29, 1.82) is 0 Å². The molecule has 4 rings (SSSR count). The fourth-order valence-corrected chi connectivity index (χ4v) is 5.78. The Morgan fingerprint density at radius 2 is 1.88 bits per heavy atom. The van der Waals surface area contributed by atoms with Crippen LogP contribution < -0.4 is 16.2 Å². The van der Waals surface area contributed by atoms with Crippen molar-refractivity contribution in [3.05, 3.63) is 48.3 Å². The number of aromatic nitrogens is 3. The molecule has 2 heterocycles. The van der Waals surface area contributed by atoms with Crippen molar-refractivity contribution in [2.45, 2.75) is 51.0 Å². The number of amides is 2. The summed E-state index contributed by atoms with van der Waals surface area (Å²) < 4.78 is 27.1. The minimum Gasteiger partial charge on any atom is -0.354 e. The molecule has 1 unspecified atom stereocenters. The summed E-state index contributed by atoms with van der Waals surface area (Å²) in [7, 11) is -3.82. The molecular formula is C23H28N6O4S. The van der Waals surface area contributed by atoms with Gasteiger partial charge in [-0.05, 0) is 43.9 Å². The summed E-state index contributed by atoms with van der Waals surface area (Å²) in [6, 6.07) is 8.13. The van der Waals surface area contributed by atoms with Gasteiger partial charge in [-0.15, -0.1) is 0 Å². The fourth-order valence-electron chi connectivity index (χ4n) is 4.49. The molecule has 3 N–H and O–H groups in total. The Labute approximate surface area is 198 Å². The Hall–Kier alpha value is -3.47. The molecule has 0 aliphatic heterocycles. The second-order valence-corrected chi connectivity index (χ2v) is 10.5. The monoisotopic (exact) mass is 484 g/mol. The fraction of sp³-hybridized carbons (Fsp3) is 0.391. The van der Waals surface area contributed by atoms with E-state index in [2.05, 4.69) is 26.1 Å². The number of nitrogens with zero attached hydrogens (tertiary/aromatic N) is 3. The summed E-state index contributed by atoms with van der Waals surface area (Å²) in [6.07, 6.45) is 4.96. The quantitative estimate of drug-likeness (QED) is 0.438. The Morgan fingerprint density at radius 1 is 1.15 bits per heavy atom. The predicted molar refractivity (Wildman–Crippen MR) is 127 cm³/mol. The Balaban J connectivity index is 1.46. The first kappa shape index (κ1) is 23.7. The molecule has 2 aromatic heterocycles. The van der Waals surface area contributed by atoms with E-state index < -0.39 is 10.0 Å². The molecule has 1 aliphatic carbocycles. The van der Waals surface area contributed by atoms with Gasteiger partial charge in [-0.2, -0.15) is 0 Å². The molecule has 0 spiro atoms. The molecule has 1 saturated carbocycles. The molecule has 11 heteroatoms. The van der Waals surface area contributed by atoms with E-state index in [0.717, 1.165) is 22.4 Å². The number of hydrogen-bond acceptors (Lipinski definition) is 7. The van der Waals surface area contributed by atoms with Crippen LogP contribution in [0.1, 0.15) is 38.7 Å². The van der Waals surface area contributed by atoms with Crippen LogP contribution in [0.4, 0.5) is 5.82 Å². The summed E-state index contributed by atoms with van der Waals surface area (Å²) in [4.78, 5) is 32.9. The maximum atomic E-state index is 13.0. The van der Waals surface area contributed by atoms with E-state index in [1.54, 1.807) is 30.3 Å². The molecular weight excluding hydrogens is 456 g/mol. The van der Waals surface area contributed by atoms with E-state index in [-0.39, 0.29) is 46.1 Å². The van der Waals surface area contributed by atoms with Gasteiger partial charge >= 0.3 is 0 Å². The summed E-state index contributed by atoms with van der Waals surface area (Å²) in [5, 5.41) is 2.90. The molecule has 10 nitrogen and oxygen atoms in total. The van der Waals surface area contributed by atoms with Gasteiger partial charge in [0, 0.05) is 25.1 Å². The largest absolute Gasteiger partial charge is 0.354 e. The van der Waals surface area contributed by atoms with Gasteiger partial charge in [-0.25, -0.2) is 22.4 Å². The lowest BCUT2D eigenvalue weighted by Crippen LogP contribution is -2.37. The van der Waals surface area contributed by atoms with Crippen LogP contribution in [-0.2, 0) is 19.6 Å². The first-order chi connectivity index (χ1) is 16.2. The Bertz CT molecular complexity index is 1320. The topological polar surface area (TPSA) is 135 Å². The number of carbonyl (C=O) groups is 2. The van der Waals surface area contributed by atoms with Crippen LogP contribution in [0.5, 0.6) is 0 Å². The standard InChI is InChI=1S/C23H28N6O4S/c1-4-16-11-17(25-15(3)30)12-19(16)23(31)28-27-21-13-24-22-20(26-21)9-10-29(22)34(32,33)18-7-5-14(2)6-8-18/h5-10,13,16-17,19H,4,11-12H2,1-3H3,(H,25,30)(H,26,27)(H,28,31)/t16-,17+,19?/m1/s1. The first-order valence-corrected chi connectivity index (χ1v) is 12.6. The van der Waals surface area contributed by atoms with E-state index >= 15 is 0 Å². The highest BCUT2D eigenvalue weighted by atomic mass is 32.2. The number of fused-ring (bicyclic) bond motifs is 1. The van der Waals surface area contributed by atoms with E-state index in [1.807, 2.05) is 13.8 Å². The van der Waals surface area contributed by atoms with Crippen molar-refractivity contribution in [3.63, 3.8) is 0 Å². The molecule has 0 bridgehead atoms. The van der Waals surface area contributed by atoms with Crippen molar-refractivity contribution in [3.8, 4) is 0 Å². The number of rotatable bonds is 7. The molecule has 34 heavy (non-hydrogen) atoms. The normalized spacial score (nSPS) is 20.3. The molecule has 2 amide bonds. The smallest absolute Gasteiger partial charge is 0.269 e. The summed E-state index contributed by atoms with van der Waals surface area (Å²) >= 11 is 0. The van der Waals surface area contributed by atoms with Crippen LogP contribution in [0, 0.1) is 18.8 Å². The second-order valence-electron chi connectivity index (χ2n) is 8.65. The van der Waals surface area contributed by atoms with Gasteiger partial charge in [0.15, 0.2) is 11.5 Å². The maximum Gasteiger partial charge on any atom is 0.269 e. The van der Waals surface area contributed by atoms with Gasteiger partial charge in [-0.1, -0.05) is 31.0 Å². The van der Waals surface area contributed by atoms with Gasteiger partial charge in [0.1, 0.15) is 5.52 Å². The number of hydrogen-bond donors (Lipinski definition) is 3. The zero-order chi connectivity index (χ0) is 24.5. The third-order valence-corrected chi connectivity index (χ3v) is 7.89. The van der Waals surface area contributed by atoms with Gasteiger partial charge < -0.3 is 5.32 Å². The second kappa shape index (κ2) is 9.41. The highest BCUT2D eigenvalue weighted by Gasteiger charge is 2.38. The van der Waals surface area contributed by atoms with Crippen molar-refractivity contribution in [2.75, 3.05) is 5.43 Å². The molecule has 1 aliphatic rings.